The van der Waals surface area contributed by atoms with Gasteiger partial charge >= 0.3 is 0 Å². The zero-order valence-corrected chi connectivity index (χ0v) is 11.8. The van der Waals surface area contributed by atoms with Gasteiger partial charge < -0.3 is 15.2 Å². The topological polar surface area (TPSA) is 47.7 Å². The number of benzene rings is 1. The van der Waals surface area contributed by atoms with Gasteiger partial charge in [0.2, 0.25) is 0 Å². The maximum Gasteiger partial charge on any atom is 0.119 e. The van der Waals surface area contributed by atoms with Crippen molar-refractivity contribution in [1.82, 2.24) is 4.90 Å². The number of likely N-dealkylation sites (tertiary alicyclic amines) is 1. The van der Waals surface area contributed by atoms with Crippen molar-refractivity contribution >= 4 is 0 Å². The van der Waals surface area contributed by atoms with Crippen LogP contribution in [0.25, 0.3) is 0 Å². The molecule has 0 bridgehead atoms. The smallest absolute Gasteiger partial charge is 0.119 e. The molecule has 0 spiro atoms. The Hall–Kier alpha value is -1.26. The largest absolute Gasteiger partial charge is 0.497 e. The minimum atomic E-state index is 0.301. The predicted octanol–water partition coefficient (Wildman–Crippen LogP) is 1.74. The standard InChI is InChI=1S/C15H24N2O2/c1-12-7-8-17(11-15(12)16)9-10-19-14-5-3-13(18-2)4-6-14/h3-6,12,15H,7-11,16H2,1-2H3. The molecule has 1 aromatic rings. The normalized spacial score (nSPS) is 24.2. The summed E-state index contributed by atoms with van der Waals surface area (Å²) in [7, 11) is 1.66. The molecule has 2 unspecified atom stereocenters. The number of hydrogen-bond acceptors (Lipinski definition) is 4. The van der Waals surface area contributed by atoms with Gasteiger partial charge in [0.05, 0.1) is 7.11 Å². The highest BCUT2D eigenvalue weighted by Gasteiger charge is 2.22. The van der Waals surface area contributed by atoms with Gasteiger partial charge in [0.1, 0.15) is 18.1 Å². The molecule has 19 heavy (non-hydrogen) atoms. The van der Waals surface area contributed by atoms with Gasteiger partial charge in [-0.1, -0.05) is 6.92 Å². The third-order valence-corrected chi connectivity index (χ3v) is 3.84. The monoisotopic (exact) mass is 264 g/mol. The number of nitrogens with zero attached hydrogens (tertiary/aromatic N) is 1. The van der Waals surface area contributed by atoms with Crippen LogP contribution < -0.4 is 15.2 Å². The summed E-state index contributed by atoms with van der Waals surface area (Å²) in [5.74, 6) is 2.37. The van der Waals surface area contributed by atoms with Crippen molar-refractivity contribution in [2.75, 3.05) is 33.4 Å². The van der Waals surface area contributed by atoms with Crippen LogP contribution in [0.2, 0.25) is 0 Å². The Morgan fingerprint density at radius 3 is 2.58 bits per heavy atom. The number of ether oxygens (including phenoxy) is 2. The fourth-order valence-corrected chi connectivity index (χ4v) is 2.34. The quantitative estimate of drug-likeness (QED) is 0.880. The number of piperidine rings is 1. The van der Waals surface area contributed by atoms with Crippen molar-refractivity contribution in [3.05, 3.63) is 24.3 Å². The van der Waals surface area contributed by atoms with Crippen LogP contribution in [-0.4, -0.2) is 44.3 Å². The van der Waals surface area contributed by atoms with E-state index in [0.29, 0.717) is 18.6 Å². The molecule has 1 aromatic carbocycles. The van der Waals surface area contributed by atoms with Crippen LogP contribution in [0.3, 0.4) is 0 Å². The van der Waals surface area contributed by atoms with E-state index in [1.807, 2.05) is 24.3 Å². The number of methoxy groups -OCH3 is 1. The molecule has 1 fully saturated rings. The summed E-state index contributed by atoms with van der Waals surface area (Å²) >= 11 is 0. The molecule has 0 aromatic heterocycles. The molecule has 1 aliphatic rings. The van der Waals surface area contributed by atoms with E-state index < -0.39 is 0 Å². The van der Waals surface area contributed by atoms with Crippen LogP contribution >= 0.6 is 0 Å². The number of nitrogens with two attached hydrogens (primary N) is 1. The Balaban J connectivity index is 1.71. The second-order valence-electron chi connectivity index (χ2n) is 5.25. The summed E-state index contributed by atoms with van der Waals surface area (Å²) in [6.07, 6.45) is 1.18. The van der Waals surface area contributed by atoms with E-state index in [4.69, 9.17) is 15.2 Å². The summed E-state index contributed by atoms with van der Waals surface area (Å²) in [6.45, 7) is 5.98. The maximum atomic E-state index is 6.09. The van der Waals surface area contributed by atoms with E-state index in [1.165, 1.54) is 6.42 Å². The first kappa shape index (κ1) is 14.2. The van der Waals surface area contributed by atoms with Crippen LogP contribution in [0.15, 0.2) is 24.3 Å². The van der Waals surface area contributed by atoms with Gasteiger partial charge in [0.15, 0.2) is 0 Å². The molecule has 0 radical (unpaired) electrons. The molecule has 0 saturated carbocycles. The van der Waals surface area contributed by atoms with E-state index in [-0.39, 0.29) is 0 Å². The molecule has 106 valence electrons. The van der Waals surface area contributed by atoms with Crippen molar-refractivity contribution in [2.45, 2.75) is 19.4 Å². The second kappa shape index (κ2) is 6.78. The lowest BCUT2D eigenvalue weighted by molar-refractivity contribution is 0.143. The summed E-state index contributed by atoms with van der Waals surface area (Å²) in [5.41, 5.74) is 6.09. The SMILES string of the molecule is COc1ccc(OCCN2CCC(C)C(N)C2)cc1. The molecular weight excluding hydrogens is 240 g/mol. The Morgan fingerprint density at radius 1 is 1.26 bits per heavy atom. The van der Waals surface area contributed by atoms with E-state index in [0.717, 1.165) is 31.1 Å². The molecule has 4 heteroatoms. The van der Waals surface area contributed by atoms with Gasteiger partial charge in [0.25, 0.3) is 0 Å². The Kier molecular flexibility index (Phi) is 5.05. The molecule has 0 aliphatic carbocycles. The Morgan fingerprint density at radius 2 is 1.95 bits per heavy atom. The number of hydrogen-bond donors (Lipinski definition) is 1. The molecule has 1 heterocycles. The van der Waals surface area contributed by atoms with E-state index >= 15 is 0 Å². The third-order valence-electron chi connectivity index (χ3n) is 3.84. The second-order valence-corrected chi connectivity index (χ2v) is 5.25. The highest BCUT2D eigenvalue weighted by atomic mass is 16.5. The number of rotatable bonds is 5. The third kappa shape index (κ3) is 4.11. The first-order valence-electron chi connectivity index (χ1n) is 6.94. The minimum Gasteiger partial charge on any atom is -0.497 e. The summed E-state index contributed by atoms with van der Waals surface area (Å²) < 4.78 is 10.8. The molecule has 2 atom stereocenters. The van der Waals surface area contributed by atoms with E-state index in [1.54, 1.807) is 7.11 Å². The highest BCUT2D eigenvalue weighted by molar-refractivity contribution is 5.31. The highest BCUT2D eigenvalue weighted by Crippen LogP contribution is 2.18. The van der Waals surface area contributed by atoms with Crippen molar-refractivity contribution < 1.29 is 9.47 Å². The van der Waals surface area contributed by atoms with Gasteiger partial charge in [-0.2, -0.15) is 0 Å². The summed E-state index contributed by atoms with van der Waals surface area (Å²) in [5, 5.41) is 0. The first-order valence-corrected chi connectivity index (χ1v) is 6.94. The lowest BCUT2D eigenvalue weighted by Gasteiger charge is -2.34. The zero-order chi connectivity index (χ0) is 13.7. The average Bonchev–Trinajstić information content (AvgIpc) is 2.43. The molecule has 1 saturated heterocycles. The van der Waals surface area contributed by atoms with Crippen molar-refractivity contribution in [3.8, 4) is 11.5 Å². The summed E-state index contributed by atoms with van der Waals surface area (Å²) in [6, 6.07) is 7.99. The van der Waals surface area contributed by atoms with Gasteiger partial charge in [-0.25, -0.2) is 0 Å². The van der Waals surface area contributed by atoms with Crippen LogP contribution in [0, 0.1) is 5.92 Å². The average molecular weight is 264 g/mol. The van der Waals surface area contributed by atoms with E-state index in [9.17, 15) is 0 Å². The summed E-state index contributed by atoms with van der Waals surface area (Å²) in [4.78, 5) is 2.38. The van der Waals surface area contributed by atoms with Gasteiger partial charge in [-0.3, -0.25) is 4.90 Å². The van der Waals surface area contributed by atoms with E-state index in [2.05, 4.69) is 11.8 Å². The van der Waals surface area contributed by atoms with Gasteiger partial charge in [-0.15, -0.1) is 0 Å². The Labute approximate surface area is 115 Å². The van der Waals surface area contributed by atoms with Crippen molar-refractivity contribution in [3.63, 3.8) is 0 Å². The molecule has 1 aliphatic heterocycles. The van der Waals surface area contributed by atoms with Gasteiger partial charge in [-0.05, 0) is 43.1 Å². The van der Waals surface area contributed by atoms with Crippen molar-refractivity contribution in [2.24, 2.45) is 11.7 Å². The Bertz CT molecular complexity index is 380. The molecule has 2 N–H and O–H groups in total. The zero-order valence-electron chi connectivity index (χ0n) is 11.8. The van der Waals surface area contributed by atoms with Crippen LogP contribution in [0.1, 0.15) is 13.3 Å². The van der Waals surface area contributed by atoms with Crippen molar-refractivity contribution in [1.29, 1.82) is 0 Å². The lowest BCUT2D eigenvalue weighted by Crippen LogP contribution is -2.48. The van der Waals surface area contributed by atoms with Crippen LogP contribution in [0.4, 0.5) is 0 Å². The molecule has 4 nitrogen and oxygen atoms in total. The van der Waals surface area contributed by atoms with Crippen LogP contribution in [-0.2, 0) is 0 Å². The fraction of sp³-hybridized carbons (Fsp3) is 0.600. The maximum absolute atomic E-state index is 6.09. The van der Waals surface area contributed by atoms with Gasteiger partial charge in [0, 0.05) is 19.1 Å². The van der Waals surface area contributed by atoms with Crippen LogP contribution in [0.5, 0.6) is 11.5 Å². The fourth-order valence-electron chi connectivity index (χ4n) is 2.34. The first-order chi connectivity index (χ1) is 9.19. The predicted molar refractivity (Wildman–Crippen MR) is 76.7 cm³/mol. The molecule has 0 amide bonds. The molecular formula is C15H24N2O2. The lowest BCUT2D eigenvalue weighted by atomic mass is 9.94. The molecule has 2 rings (SSSR count). The minimum absolute atomic E-state index is 0.301.